The van der Waals surface area contributed by atoms with E-state index in [9.17, 15) is 18.0 Å². The molecule has 1 heterocycles. The quantitative estimate of drug-likeness (QED) is 0.277. The Hall–Kier alpha value is -2.50. The molecular weight excluding hydrogens is 442 g/mol. The lowest BCUT2D eigenvalue weighted by molar-refractivity contribution is -0.152. The minimum Gasteiger partial charge on any atom is -0.468 e. The average molecular weight is 470 g/mol. The number of methoxy groups -OCH3 is 1. The fourth-order valence-corrected chi connectivity index (χ4v) is 4.40. The van der Waals surface area contributed by atoms with E-state index >= 15 is 0 Å². The molecule has 0 fully saturated rings. The number of aryl methyl sites for hydroxylation is 1. The number of aromatic nitrogens is 1. The lowest BCUT2D eigenvalue weighted by Crippen LogP contribution is -2.41. The summed E-state index contributed by atoms with van der Waals surface area (Å²) < 4.78 is 37.6. The normalized spacial score (nSPS) is 13.5. The number of anilines is 1. The van der Waals surface area contributed by atoms with Gasteiger partial charge in [-0.3, -0.25) is 18.9 Å². The Kier molecular flexibility index (Phi) is 8.54. The number of hydrogen-bond acceptors (Lipinski definition) is 7. The molecule has 1 amide bonds. The Bertz CT molecular complexity index is 1000. The van der Waals surface area contributed by atoms with Gasteiger partial charge in [0.25, 0.3) is 0 Å². The van der Waals surface area contributed by atoms with Crippen LogP contribution in [0.4, 0.5) is 5.69 Å². The van der Waals surface area contributed by atoms with Crippen LogP contribution in [0.5, 0.6) is 0 Å². The third-order valence-electron chi connectivity index (χ3n) is 4.59. The van der Waals surface area contributed by atoms with Crippen molar-refractivity contribution < 1.29 is 27.3 Å². The maximum Gasteiger partial charge on any atom is 0.357 e. The van der Waals surface area contributed by atoms with Gasteiger partial charge in [0.15, 0.2) is 0 Å². The van der Waals surface area contributed by atoms with Crippen molar-refractivity contribution in [3.63, 3.8) is 0 Å². The predicted octanol–water partition coefficient (Wildman–Crippen LogP) is 2.77. The molecule has 0 aliphatic heterocycles. The van der Waals surface area contributed by atoms with Gasteiger partial charge in [-0.15, -0.1) is 11.3 Å². The van der Waals surface area contributed by atoms with Crippen LogP contribution >= 0.6 is 11.3 Å². The fourth-order valence-electron chi connectivity index (χ4n) is 3.01. The SMILES string of the molecule is CCc1csc([C@H](Cc2ccc(NS(=O)(=O)O)cc2)NC(=O)[C@@H](C(=O)OC)C(C)C)n1. The third-order valence-corrected chi connectivity index (χ3v) is 6.09. The highest BCUT2D eigenvalue weighted by Crippen LogP contribution is 2.25. The van der Waals surface area contributed by atoms with E-state index in [2.05, 4.69) is 10.3 Å². The molecule has 11 heteroatoms. The summed E-state index contributed by atoms with van der Waals surface area (Å²) in [5, 5.41) is 5.56. The van der Waals surface area contributed by atoms with E-state index in [1.54, 1.807) is 26.0 Å². The Morgan fingerprint density at radius 1 is 1.23 bits per heavy atom. The van der Waals surface area contributed by atoms with E-state index < -0.39 is 34.1 Å². The zero-order chi connectivity index (χ0) is 23.2. The number of hydrogen-bond donors (Lipinski definition) is 3. The van der Waals surface area contributed by atoms with E-state index in [0.717, 1.165) is 17.7 Å². The summed E-state index contributed by atoms with van der Waals surface area (Å²) in [6.07, 6.45) is 1.13. The molecule has 0 saturated carbocycles. The Morgan fingerprint density at radius 3 is 2.35 bits per heavy atom. The lowest BCUT2D eigenvalue weighted by atomic mass is 9.94. The second-order valence-electron chi connectivity index (χ2n) is 7.31. The molecule has 2 aromatic rings. The molecule has 0 saturated heterocycles. The number of amides is 1. The van der Waals surface area contributed by atoms with Gasteiger partial charge in [0.05, 0.1) is 24.5 Å². The molecular formula is C20H27N3O6S2. The first-order valence-electron chi connectivity index (χ1n) is 9.70. The number of rotatable bonds is 10. The molecule has 1 aromatic carbocycles. The number of carbonyl (C=O) groups is 2. The van der Waals surface area contributed by atoms with Gasteiger partial charge in [-0.2, -0.15) is 8.42 Å². The molecule has 0 bridgehead atoms. The first kappa shape index (κ1) is 24.8. The summed E-state index contributed by atoms with van der Waals surface area (Å²) in [5.41, 5.74) is 1.92. The molecule has 3 N–H and O–H groups in total. The van der Waals surface area contributed by atoms with Crippen molar-refractivity contribution in [1.29, 1.82) is 0 Å². The van der Waals surface area contributed by atoms with Crippen molar-refractivity contribution in [1.82, 2.24) is 10.3 Å². The molecule has 31 heavy (non-hydrogen) atoms. The Morgan fingerprint density at radius 2 is 1.87 bits per heavy atom. The Labute approximate surface area is 186 Å². The highest BCUT2D eigenvalue weighted by atomic mass is 32.2. The zero-order valence-corrected chi connectivity index (χ0v) is 19.4. The number of carbonyl (C=O) groups excluding carboxylic acids is 2. The average Bonchev–Trinajstić information content (AvgIpc) is 3.16. The topological polar surface area (TPSA) is 135 Å². The highest BCUT2D eigenvalue weighted by molar-refractivity contribution is 7.87. The largest absolute Gasteiger partial charge is 0.468 e. The van der Waals surface area contributed by atoms with Gasteiger partial charge < -0.3 is 10.1 Å². The van der Waals surface area contributed by atoms with Crippen molar-refractivity contribution in [3.8, 4) is 0 Å². The zero-order valence-electron chi connectivity index (χ0n) is 17.8. The van der Waals surface area contributed by atoms with Crippen molar-refractivity contribution >= 4 is 39.2 Å². The van der Waals surface area contributed by atoms with E-state index in [-0.39, 0.29) is 11.6 Å². The molecule has 9 nitrogen and oxygen atoms in total. The summed E-state index contributed by atoms with van der Waals surface area (Å²) >= 11 is 1.42. The maximum absolute atomic E-state index is 12.9. The standard InChI is InChI=1S/C20H27N3O6S2/c1-5-14-11-30-19(21-14)16(22-18(24)17(12(2)3)20(25)29-4)10-13-6-8-15(9-7-13)23-31(26,27)28/h6-9,11-12,16-17,23H,5,10H2,1-4H3,(H,22,24)(H,26,27,28)/t16-,17-/m0/s1. The first-order valence-corrected chi connectivity index (χ1v) is 12.0. The van der Waals surface area contributed by atoms with Crippen LogP contribution in [0.2, 0.25) is 0 Å². The van der Waals surface area contributed by atoms with Gasteiger partial charge in [0.2, 0.25) is 5.91 Å². The third kappa shape index (κ3) is 7.30. The van der Waals surface area contributed by atoms with E-state index in [1.165, 1.54) is 30.6 Å². The van der Waals surface area contributed by atoms with Crippen molar-refractivity contribution in [3.05, 3.63) is 45.9 Å². The molecule has 0 aliphatic rings. The molecule has 0 radical (unpaired) electrons. The van der Waals surface area contributed by atoms with Crippen molar-refractivity contribution in [2.75, 3.05) is 11.8 Å². The van der Waals surface area contributed by atoms with Crippen LogP contribution in [0, 0.1) is 11.8 Å². The van der Waals surface area contributed by atoms with Gasteiger partial charge in [0.1, 0.15) is 10.9 Å². The van der Waals surface area contributed by atoms with Gasteiger partial charge >= 0.3 is 16.3 Å². The molecule has 2 rings (SSSR count). The number of nitrogens with one attached hydrogen (secondary N) is 2. The monoisotopic (exact) mass is 469 g/mol. The fraction of sp³-hybridized carbons (Fsp3) is 0.450. The van der Waals surface area contributed by atoms with Crippen LogP contribution in [0.1, 0.15) is 43.1 Å². The molecule has 1 aromatic heterocycles. The minimum absolute atomic E-state index is 0.208. The number of nitrogens with zero attached hydrogens (tertiary/aromatic N) is 1. The molecule has 2 atom stereocenters. The van der Waals surface area contributed by atoms with Crippen molar-refractivity contribution in [2.45, 2.75) is 39.7 Å². The van der Waals surface area contributed by atoms with E-state index in [1.807, 2.05) is 17.0 Å². The number of benzene rings is 1. The second-order valence-corrected chi connectivity index (χ2v) is 9.36. The second kappa shape index (κ2) is 10.7. The highest BCUT2D eigenvalue weighted by Gasteiger charge is 2.33. The van der Waals surface area contributed by atoms with Gasteiger partial charge in [0, 0.05) is 5.38 Å². The molecule has 0 aliphatic carbocycles. The molecule has 0 unspecified atom stereocenters. The smallest absolute Gasteiger partial charge is 0.357 e. The summed E-state index contributed by atoms with van der Waals surface area (Å²) in [4.78, 5) is 29.6. The number of esters is 1. The van der Waals surface area contributed by atoms with E-state index in [0.29, 0.717) is 11.4 Å². The van der Waals surface area contributed by atoms with Crippen LogP contribution in [0.15, 0.2) is 29.6 Å². The van der Waals surface area contributed by atoms with Gasteiger partial charge in [-0.05, 0) is 36.5 Å². The summed E-state index contributed by atoms with van der Waals surface area (Å²) in [7, 11) is -3.11. The van der Waals surface area contributed by atoms with Crippen LogP contribution in [-0.4, -0.2) is 36.9 Å². The van der Waals surface area contributed by atoms with Crippen LogP contribution < -0.4 is 10.0 Å². The number of thiazole rings is 1. The van der Waals surface area contributed by atoms with Crippen LogP contribution in [0.3, 0.4) is 0 Å². The van der Waals surface area contributed by atoms with Gasteiger partial charge in [-0.1, -0.05) is 32.9 Å². The predicted molar refractivity (Wildman–Crippen MR) is 118 cm³/mol. The van der Waals surface area contributed by atoms with Crippen molar-refractivity contribution in [2.24, 2.45) is 11.8 Å². The van der Waals surface area contributed by atoms with Crippen LogP contribution in [-0.2, 0) is 37.5 Å². The lowest BCUT2D eigenvalue weighted by Gasteiger charge is -2.22. The Balaban J connectivity index is 2.27. The molecule has 170 valence electrons. The molecule has 0 spiro atoms. The summed E-state index contributed by atoms with van der Waals surface area (Å²) in [6.45, 7) is 5.53. The summed E-state index contributed by atoms with van der Waals surface area (Å²) in [6, 6.07) is 5.89. The maximum atomic E-state index is 12.9. The summed E-state index contributed by atoms with van der Waals surface area (Å²) in [5.74, 6) is -2.23. The first-order chi connectivity index (χ1) is 14.5. The van der Waals surface area contributed by atoms with E-state index in [4.69, 9.17) is 9.29 Å². The van der Waals surface area contributed by atoms with Crippen LogP contribution in [0.25, 0.3) is 0 Å². The van der Waals surface area contributed by atoms with Gasteiger partial charge in [-0.25, -0.2) is 4.98 Å². The minimum atomic E-state index is -4.36. The number of ether oxygens (including phenoxy) is 1.